The Balaban J connectivity index is 1.37. The fraction of sp³-hybridized carbons (Fsp3) is 0.458. The van der Waals surface area contributed by atoms with Crippen molar-refractivity contribution >= 4 is 11.5 Å². The van der Waals surface area contributed by atoms with Crippen molar-refractivity contribution in [3.05, 3.63) is 63.2 Å². The number of fused-ring (bicyclic) bond motifs is 1. The zero-order valence-electron chi connectivity index (χ0n) is 18.3. The van der Waals surface area contributed by atoms with Crippen molar-refractivity contribution in [2.24, 2.45) is 5.92 Å². The monoisotopic (exact) mass is 442 g/mol. The van der Waals surface area contributed by atoms with E-state index in [1.165, 1.54) is 20.3 Å². The van der Waals surface area contributed by atoms with Crippen LogP contribution in [-0.4, -0.2) is 48.6 Å². The molecule has 32 heavy (non-hydrogen) atoms. The maximum atomic E-state index is 15.8. The van der Waals surface area contributed by atoms with E-state index in [0.29, 0.717) is 29.2 Å². The van der Waals surface area contributed by atoms with Crippen LogP contribution in [0.5, 0.6) is 11.5 Å². The minimum atomic E-state index is -1.90. The molecule has 0 bridgehead atoms. The lowest BCUT2D eigenvalue weighted by Gasteiger charge is -2.34. The number of hydrogen-bond acceptors (Lipinski definition) is 6. The summed E-state index contributed by atoms with van der Waals surface area (Å²) in [5.41, 5.74) is 0.131. The topological polar surface area (TPSA) is 81.9 Å². The van der Waals surface area contributed by atoms with Crippen LogP contribution in [0.3, 0.4) is 0 Å². The molecule has 2 aromatic rings. The quantitative estimate of drug-likeness (QED) is 0.468. The van der Waals surface area contributed by atoms with Crippen LogP contribution in [0.15, 0.2) is 36.4 Å². The summed E-state index contributed by atoms with van der Waals surface area (Å²) < 4.78 is 26.4. The van der Waals surface area contributed by atoms with Gasteiger partial charge in [-0.25, -0.2) is 4.39 Å². The number of nitro benzene ring substituents is 1. The number of carbonyl (C=O) groups excluding carboxylic acids is 1. The third kappa shape index (κ3) is 4.32. The highest BCUT2D eigenvalue weighted by atomic mass is 19.1. The standard InChI is InChI=1S/C24H27FN2O5/c1-31-21-11-18-14-24(25,23(28)20(18)12-22(21)32-2)13-16-6-8-26(9-7-16)15-17-4-3-5-19(10-17)27(29)30/h3-5,10-12,16H,6-9,13-15H2,1-2H3. The van der Waals surface area contributed by atoms with Gasteiger partial charge in [0.15, 0.2) is 17.2 Å². The van der Waals surface area contributed by atoms with Crippen LogP contribution < -0.4 is 9.47 Å². The van der Waals surface area contributed by atoms with Crippen LogP contribution in [0.1, 0.15) is 40.7 Å². The van der Waals surface area contributed by atoms with Crippen LogP contribution in [0, 0.1) is 16.0 Å². The minimum absolute atomic E-state index is 0.0649. The van der Waals surface area contributed by atoms with Gasteiger partial charge in [0.1, 0.15) is 0 Å². The molecule has 1 saturated heterocycles. The summed E-state index contributed by atoms with van der Waals surface area (Å²) in [6, 6.07) is 9.94. The summed E-state index contributed by atoms with van der Waals surface area (Å²) in [7, 11) is 3.01. The Bertz CT molecular complexity index is 1040. The Labute approximate surface area is 186 Å². The highest BCUT2D eigenvalue weighted by molar-refractivity contribution is 6.07. The van der Waals surface area contributed by atoms with Crippen molar-refractivity contribution in [3.63, 3.8) is 0 Å². The summed E-state index contributed by atoms with van der Waals surface area (Å²) in [5.74, 6) is 0.576. The van der Waals surface area contributed by atoms with E-state index in [4.69, 9.17) is 9.47 Å². The van der Waals surface area contributed by atoms with Crippen LogP contribution in [-0.2, 0) is 13.0 Å². The first kappa shape index (κ1) is 22.2. The van der Waals surface area contributed by atoms with Crippen LogP contribution in [0.4, 0.5) is 10.1 Å². The third-order valence-corrected chi connectivity index (χ3v) is 6.58. The maximum absolute atomic E-state index is 15.8. The number of ketones is 1. The van der Waals surface area contributed by atoms with E-state index >= 15 is 4.39 Å². The molecule has 1 unspecified atom stereocenters. The van der Waals surface area contributed by atoms with Gasteiger partial charge in [-0.2, -0.15) is 0 Å². The normalized spacial score (nSPS) is 21.4. The fourth-order valence-corrected chi connectivity index (χ4v) is 4.90. The average molecular weight is 442 g/mol. The van der Waals surface area contributed by atoms with Crippen molar-refractivity contribution in [2.45, 2.75) is 37.9 Å². The van der Waals surface area contributed by atoms with Gasteiger partial charge < -0.3 is 9.47 Å². The van der Waals surface area contributed by atoms with Gasteiger partial charge in [-0.05, 0) is 61.5 Å². The van der Waals surface area contributed by atoms with Crippen LogP contribution in [0.2, 0.25) is 0 Å². The number of ether oxygens (including phenoxy) is 2. The average Bonchev–Trinajstić information content (AvgIpc) is 3.03. The predicted octanol–water partition coefficient (Wildman–Crippen LogP) is 4.36. The number of nitrogens with zero attached hydrogens (tertiary/aromatic N) is 2. The lowest BCUT2D eigenvalue weighted by molar-refractivity contribution is -0.384. The van der Waals surface area contributed by atoms with Gasteiger partial charge in [0.05, 0.1) is 19.1 Å². The van der Waals surface area contributed by atoms with Gasteiger partial charge in [0, 0.05) is 30.7 Å². The number of carbonyl (C=O) groups is 1. The van der Waals surface area contributed by atoms with E-state index in [0.717, 1.165) is 31.5 Å². The summed E-state index contributed by atoms with van der Waals surface area (Å²) >= 11 is 0. The van der Waals surface area contributed by atoms with Crippen molar-refractivity contribution in [1.82, 2.24) is 4.90 Å². The van der Waals surface area contributed by atoms with Crippen LogP contribution >= 0.6 is 0 Å². The third-order valence-electron chi connectivity index (χ3n) is 6.58. The number of hydrogen-bond donors (Lipinski definition) is 0. The van der Waals surface area contributed by atoms with Gasteiger partial charge in [-0.3, -0.25) is 19.8 Å². The summed E-state index contributed by atoms with van der Waals surface area (Å²) in [6.45, 7) is 2.16. The Morgan fingerprint density at radius 2 is 1.84 bits per heavy atom. The largest absolute Gasteiger partial charge is 0.493 e. The minimum Gasteiger partial charge on any atom is -0.493 e. The van der Waals surface area contributed by atoms with Crippen molar-refractivity contribution in [2.75, 3.05) is 27.3 Å². The second-order valence-corrected chi connectivity index (χ2v) is 8.69. The summed E-state index contributed by atoms with van der Waals surface area (Å²) in [5, 5.41) is 11.0. The molecule has 1 aliphatic carbocycles. The number of rotatable bonds is 7. The molecule has 1 aliphatic heterocycles. The molecule has 0 amide bonds. The lowest BCUT2D eigenvalue weighted by atomic mass is 9.83. The molecule has 7 nitrogen and oxygen atoms in total. The first-order chi connectivity index (χ1) is 15.3. The van der Waals surface area contributed by atoms with Gasteiger partial charge in [-0.15, -0.1) is 0 Å². The molecule has 2 aliphatic rings. The molecule has 0 aromatic heterocycles. The van der Waals surface area contributed by atoms with Gasteiger partial charge in [0.2, 0.25) is 5.78 Å². The number of likely N-dealkylation sites (tertiary alicyclic amines) is 1. The highest BCUT2D eigenvalue weighted by Gasteiger charge is 2.48. The number of nitro groups is 1. The smallest absolute Gasteiger partial charge is 0.269 e. The van der Waals surface area contributed by atoms with E-state index in [-0.39, 0.29) is 24.4 Å². The number of methoxy groups -OCH3 is 2. The number of alkyl halides is 1. The fourth-order valence-electron chi connectivity index (χ4n) is 4.90. The predicted molar refractivity (Wildman–Crippen MR) is 117 cm³/mol. The number of Topliss-reactive ketones (excluding diaryl/α,β-unsaturated/α-hetero) is 1. The molecule has 8 heteroatoms. The van der Waals surface area contributed by atoms with Crippen LogP contribution in [0.25, 0.3) is 0 Å². The molecule has 0 radical (unpaired) electrons. The molecule has 1 atom stereocenters. The maximum Gasteiger partial charge on any atom is 0.269 e. The number of halogens is 1. The number of piperidine rings is 1. The van der Waals surface area contributed by atoms with Crippen molar-refractivity contribution in [3.8, 4) is 11.5 Å². The Morgan fingerprint density at radius 3 is 2.50 bits per heavy atom. The van der Waals surface area contributed by atoms with Gasteiger partial charge >= 0.3 is 0 Å². The second-order valence-electron chi connectivity index (χ2n) is 8.69. The molecule has 0 spiro atoms. The first-order valence-corrected chi connectivity index (χ1v) is 10.8. The zero-order valence-corrected chi connectivity index (χ0v) is 18.3. The van der Waals surface area contributed by atoms with E-state index in [2.05, 4.69) is 4.90 Å². The molecule has 4 rings (SSSR count). The molecule has 2 aromatic carbocycles. The molecular weight excluding hydrogens is 415 g/mol. The lowest BCUT2D eigenvalue weighted by Crippen LogP contribution is -2.38. The Morgan fingerprint density at radius 1 is 1.16 bits per heavy atom. The molecule has 1 heterocycles. The Kier molecular flexibility index (Phi) is 6.15. The zero-order chi connectivity index (χ0) is 22.9. The van der Waals surface area contributed by atoms with Crippen molar-refractivity contribution in [1.29, 1.82) is 0 Å². The number of non-ortho nitro benzene ring substituents is 1. The molecular formula is C24H27FN2O5. The van der Waals surface area contributed by atoms with Gasteiger partial charge in [-0.1, -0.05) is 12.1 Å². The first-order valence-electron chi connectivity index (χ1n) is 10.8. The second kappa shape index (κ2) is 8.86. The SMILES string of the molecule is COc1cc2c(cc1OC)C(=O)C(F)(CC1CCN(Cc3cccc([N+](=O)[O-])c3)CC1)C2. The van der Waals surface area contributed by atoms with E-state index in [9.17, 15) is 14.9 Å². The van der Waals surface area contributed by atoms with E-state index in [1.807, 2.05) is 6.07 Å². The van der Waals surface area contributed by atoms with E-state index < -0.39 is 16.4 Å². The van der Waals surface area contributed by atoms with E-state index in [1.54, 1.807) is 24.3 Å². The summed E-state index contributed by atoms with van der Waals surface area (Å²) in [4.78, 5) is 25.7. The molecule has 0 saturated carbocycles. The Hall–Kier alpha value is -3.00. The molecule has 170 valence electrons. The summed E-state index contributed by atoms with van der Waals surface area (Å²) in [6.07, 6.45) is 1.85. The molecule has 1 fully saturated rings. The van der Waals surface area contributed by atoms with Gasteiger partial charge in [0.25, 0.3) is 5.69 Å². The number of benzene rings is 2. The molecule has 0 N–H and O–H groups in total. The van der Waals surface area contributed by atoms with Crippen molar-refractivity contribution < 1.29 is 23.6 Å². The highest BCUT2D eigenvalue weighted by Crippen LogP contribution is 2.43.